The summed E-state index contributed by atoms with van der Waals surface area (Å²) in [5, 5.41) is 0. The van der Waals surface area contributed by atoms with E-state index >= 15 is 0 Å². The van der Waals surface area contributed by atoms with Gasteiger partial charge in [-0.25, -0.2) is 0 Å². The molecule has 0 spiro atoms. The number of nitrogens with zero attached hydrogens (tertiary/aromatic N) is 1. The normalized spacial score (nSPS) is 32.9. The maximum absolute atomic E-state index is 5.87. The smallest absolute Gasteiger partial charge is 0.0233 e. The fraction of sp³-hybridized carbons (Fsp3) is 0.600. The van der Waals surface area contributed by atoms with E-state index in [0.717, 1.165) is 30.8 Å². The maximum Gasteiger partial charge on any atom is 0.0233 e. The van der Waals surface area contributed by atoms with Crippen LogP contribution in [0.15, 0.2) is 30.3 Å². The van der Waals surface area contributed by atoms with Gasteiger partial charge in [-0.05, 0) is 42.7 Å². The van der Waals surface area contributed by atoms with Gasteiger partial charge in [-0.2, -0.15) is 0 Å². The van der Waals surface area contributed by atoms with Gasteiger partial charge in [0.1, 0.15) is 0 Å². The Hall–Kier alpha value is -0.860. The summed E-state index contributed by atoms with van der Waals surface area (Å²) in [7, 11) is 0. The molecule has 1 heterocycles. The second-order valence-corrected chi connectivity index (χ2v) is 5.68. The van der Waals surface area contributed by atoms with Crippen LogP contribution in [0.1, 0.15) is 18.4 Å². The molecule has 0 bridgehead atoms. The van der Waals surface area contributed by atoms with Crippen molar-refractivity contribution in [3.05, 3.63) is 35.9 Å². The van der Waals surface area contributed by atoms with Crippen LogP contribution in [-0.4, -0.2) is 24.5 Å². The van der Waals surface area contributed by atoms with Crippen LogP contribution >= 0.6 is 0 Å². The van der Waals surface area contributed by atoms with Crippen LogP contribution in [0.5, 0.6) is 0 Å². The number of likely N-dealkylation sites (tertiary alicyclic amines) is 1. The fourth-order valence-electron chi connectivity index (χ4n) is 3.73. The Morgan fingerprint density at radius 2 is 1.94 bits per heavy atom. The maximum atomic E-state index is 5.87. The van der Waals surface area contributed by atoms with Crippen molar-refractivity contribution in [3.63, 3.8) is 0 Å². The lowest BCUT2D eigenvalue weighted by Gasteiger charge is -2.19. The zero-order chi connectivity index (χ0) is 11.7. The molecule has 2 aliphatic rings. The highest BCUT2D eigenvalue weighted by atomic mass is 15.2. The van der Waals surface area contributed by atoms with Crippen molar-refractivity contribution < 1.29 is 0 Å². The van der Waals surface area contributed by atoms with E-state index in [2.05, 4.69) is 35.2 Å². The SMILES string of the molecule is NCC1CC[C@@H]2CN(Cc3ccccc3)C[C@H]12. The molecule has 0 amide bonds. The van der Waals surface area contributed by atoms with Gasteiger partial charge in [0, 0.05) is 19.6 Å². The highest BCUT2D eigenvalue weighted by Crippen LogP contribution is 2.41. The predicted octanol–water partition coefficient (Wildman–Crippen LogP) is 2.10. The average molecular weight is 230 g/mol. The first-order valence-electron chi connectivity index (χ1n) is 6.83. The van der Waals surface area contributed by atoms with Crippen molar-refractivity contribution in [2.45, 2.75) is 19.4 Å². The molecule has 0 aromatic heterocycles. The Morgan fingerprint density at radius 3 is 2.71 bits per heavy atom. The van der Waals surface area contributed by atoms with Crippen LogP contribution in [0.25, 0.3) is 0 Å². The van der Waals surface area contributed by atoms with Crippen LogP contribution in [-0.2, 0) is 6.54 Å². The molecule has 1 saturated heterocycles. The molecule has 2 N–H and O–H groups in total. The van der Waals surface area contributed by atoms with Crippen molar-refractivity contribution in [2.75, 3.05) is 19.6 Å². The number of fused-ring (bicyclic) bond motifs is 1. The predicted molar refractivity (Wildman–Crippen MR) is 70.5 cm³/mol. The third kappa shape index (κ3) is 2.24. The minimum atomic E-state index is 0.792. The lowest BCUT2D eigenvalue weighted by molar-refractivity contribution is 0.284. The quantitative estimate of drug-likeness (QED) is 0.861. The van der Waals surface area contributed by atoms with Crippen molar-refractivity contribution in [3.8, 4) is 0 Å². The molecule has 3 atom stereocenters. The van der Waals surface area contributed by atoms with Crippen LogP contribution in [0.3, 0.4) is 0 Å². The Morgan fingerprint density at radius 1 is 1.12 bits per heavy atom. The number of hydrogen-bond donors (Lipinski definition) is 1. The molecule has 1 aliphatic carbocycles. The molecular formula is C15H22N2. The monoisotopic (exact) mass is 230 g/mol. The van der Waals surface area contributed by atoms with Crippen molar-refractivity contribution >= 4 is 0 Å². The minimum absolute atomic E-state index is 0.792. The summed E-state index contributed by atoms with van der Waals surface area (Å²) in [6, 6.07) is 10.8. The molecule has 2 heteroatoms. The summed E-state index contributed by atoms with van der Waals surface area (Å²) in [5.41, 5.74) is 7.31. The lowest BCUT2D eigenvalue weighted by atomic mass is 9.93. The van der Waals surface area contributed by atoms with Gasteiger partial charge in [-0.15, -0.1) is 0 Å². The molecule has 3 rings (SSSR count). The minimum Gasteiger partial charge on any atom is -0.330 e. The fourth-order valence-corrected chi connectivity index (χ4v) is 3.73. The number of nitrogens with two attached hydrogens (primary N) is 1. The van der Waals surface area contributed by atoms with Gasteiger partial charge in [-0.3, -0.25) is 4.90 Å². The van der Waals surface area contributed by atoms with Crippen LogP contribution in [0.2, 0.25) is 0 Å². The van der Waals surface area contributed by atoms with Crippen LogP contribution in [0.4, 0.5) is 0 Å². The molecule has 92 valence electrons. The molecule has 2 nitrogen and oxygen atoms in total. The van der Waals surface area contributed by atoms with Crippen LogP contribution < -0.4 is 5.73 Å². The standard InChI is InChI=1S/C15H22N2/c16-8-13-6-7-14-10-17(11-15(13)14)9-12-4-2-1-3-5-12/h1-5,13-15H,6-11,16H2/t13?,14-,15-/m1/s1. The molecular weight excluding hydrogens is 208 g/mol. The van der Waals surface area contributed by atoms with Gasteiger partial charge in [0.2, 0.25) is 0 Å². The van der Waals surface area contributed by atoms with E-state index in [1.54, 1.807) is 0 Å². The van der Waals surface area contributed by atoms with Crippen LogP contribution in [0, 0.1) is 17.8 Å². The number of hydrogen-bond acceptors (Lipinski definition) is 2. The highest BCUT2D eigenvalue weighted by molar-refractivity contribution is 5.15. The Kier molecular flexibility index (Phi) is 3.17. The highest BCUT2D eigenvalue weighted by Gasteiger charge is 2.41. The Bertz CT molecular complexity index is 362. The number of rotatable bonds is 3. The molecule has 1 aromatic carbocycles. The van der Waals surface area contributed by atoms with E-state index in [9.17, 15) is 0 Å². The topological polar surface area (TPSA) is 29.3 Å². The summed E-state index contributed by atoms with van der Waals surface area (Å²) in [5.74, 6) is 2.59. The molecule has 1 saturated carbocycles. The molecule has 1 unspecified atom stereocenters. The van der Waals surface area contributed by atoms with Crippen molar-refractivity contribution in [1.82, 2.24) is 4.90 Å². The zero-order valence-corrected chi connectivity index (χ0v) is 10.4. The van der Waals surface area contributed by atoms with E-state index in [-0.39, 0.29) is 0 Å². The van der Waals surface area contributed by atoms with Gasteiger partial charge in [0.15, 0.2) is 0 Å². The summed E-state index contributed by atoms with van der Waals surface area (Å²) in [6.07, 6.45) is 2.77. The van der Waals surface area contributed by atoms with Crippen molar-refractivity contribution in [2.24, 2.45) is 23.5 Å². The number of benzene rings is 1. The first kappa shape index (κ1) is 11.2. The van der Waals surface area contributed by atoms with E-state index in [0.29, 0.717) is 0 Å². The van der Waals surface area contributed by atoms with Gasteiger partial charge in [0.05, 0.1) is 0 Å². The molecule has 1 aliphatic heterocycles. The second kappa shape index (κ2) is 4.79. The van der Waals surface area contributed by atoms with E-state index < -0.39 is 0 Å². The van der Waals surface area contributed by atoms with Gasteiger partial charge >= 0.3 is 0 Å². The first-order chi connectivity index (χ1) is 8.36. The van der Waals surface area contributed by atoms with Crippen molar-refractivity contribution in [1.29, 1.82) is 0 Å². The average Bonchev–Trinajstić information content (AvgIpc) is 2.89. The van der Waals surface area contributed by atoms with E-state index in [4.69, 9.17) is 5.73 Å². The summed E-state index contributed by atoms with van der Waals surface area (Å²) in [4.78, 5) is 2.62. The lowest BCUT2D eigenvalue weighted by Crippen LogP contribution is -2.25. The molecule has 0 radical (unpaired) electrons. The third-order valence-electron chi connectivity index (χ3n) is 4.63. The molecule has 2 fully saturated rings. The Balaban J connectivity index is 1.62. The van der Waals surface area contributed by atoms with E-state index in [1.165, 1.54) is 31.5 Å². The zero-order valence-electron chi connectivity index (χ0n) is 10.4. The first-order valence-corrected chi connectivity index (χ1v) is 6.83. The summed E-state index contributed by atoms with van der Waals surface area (Å²) in [6.45, 7) is 4.56. The second-order valence-electron chi connectivity index (χ2n) is 5.68. The molecule has 17 heavy (non-hydrogen) atoms. The van der Waals surface area contributed by atoms with Gasteiger partial charge < -0.3 is 5.73 Å². The van der Waals surface area contributed by atoms with Gasteiger partial charge in [0.25, 0.3) is 0 Å². The largest absolute Gasteiger partial charge is 0.330 e. The summed E-state index contributed by atoms with van der Waals surface area (Å²) < 4.78 is 0. The van der Waals surface area contributed by atoms with E-state index in [1.807, 2.05) is 0 Å². The molecule has 1 aromatic rings. The Labute approximate surface area is 104 Å². The third-order valence-corrected chi connectivity index (χ3v) is 4.63. The summed E-state index contributed by atoms with van der Waals surface area (Å²) >= 11 is 0. The van der Waals surface area contributed by atoms with Gasteiger partial charge in [-0.1, -0.05) is 30.3 Å².